The fourth-order valence-electron chi connectivity index (χ4n) is 3.97. The van der Waals surface area contributed by atoms with Gasteiger partial charge < -0.3 is 18.8 Å². The van der Waals surface area contributed by atoms with Crippen molar-refractivity contribution in [3.63, 3.8) is 0 Å². The largest absolute Gasteiger partial charge is 0.496 e. The van der Waals surface area contributed by atoms with Gasteiger partial charge in [0.05, 0.1) is 25.3 Å². The second kappa shape index (κ2) is 9.13. The van der Waals surface area contributed by atoms with Crippen LogP contribution in [0, 0.1) is 13.8 Å². The van der Waals surface area contributed by atoms with Gasteiger partial charge in [0, 0.05) is 29.4 Å². The highest BCUT2D eigenvalue weighted by Crippen LogP contribution is 2.29. The highest BCUT2D eigenvalue weighted by atomic mass is 16.5. The Kier molecular flexibility index (Phi) is 6.57. The van der Waals surface area contributed by atoms with Gasteiger partial charge in [-0.25, -0.2) is 4.79 Å². The van der Waals surface area contributed by atoms with Crippen molar-refractivity contribution in [3.8, 4) is 5.75 Å². The van der Waals surface area contributed by atoms with Crippen LogP contribution in [0.4, 0.5) is 0 Å². The zero-order valence-corrected chi connectivity index (χ0v) is 18.0. The molecule has 0 saturated carbocycles. The Bertz CT molecular complexity index is 1080. The van der Waals surface area contributed by atoms with Crippen LogP contribution in [0.5, 0.6) is 5.75 Å². The van der Waals surface area contributed by atoms with Crippen LogP contribution in [-0.4, -0.2) is 43.8 Å². The van der Waals surface area contributed by atoms with E-state index >= 15 is 0 Å². The lowest BCUT2D eigenvalue weighted by Gasteiger charge is -2.17. The number of aromatic nitrogens is 1. The summed E-state index contributed by atoms with van der Waals surface area (Å²) in [5.41, 5.74) is 2.77. The first kappa shape index (κ1) is 21.6. The van der Waals surface area contributed by atoms with Crippen molar-refractivity contribution >= 4 is 22.5 Å². The molecule has 1 aromatic heterocycles. The molecule has 3 rings (SSSR count). The minimum absolute atomic E-state index is 0.102. The van der Waals surface area contributed by atoms with Crippen LogP contribution >= 0.6 is 0 Å². The first-order valence-corrected chi connectivity index (χ1v) is 9.82. The van der Waals surface area contributed by atoms with Gasteiger partial charge in [-0.3, -0.25) is 4.79 Å². The van der Waals surface area contributed by atoms with E-state index in [1.54, 1.807) is 26.4 Å². The smallest absolute Gasteiger partial charge is 0.339 e. The maximum Gasteiger partial charge on any atom is 0.339 e. The lowest BCUT2D eigenvalue weighted by molar-refractivity contribution is 0.0476. The van der Waals surface area contributed by atoms with Crippen LogP contribution in [0.25, 0.3) is 10.8 Å². The van der Waals surface area contributed by atoms with Gasteiger partial charge in [0.2, 0.25) is 5.78 Å². The summed E-state index contributed by atoms with van der Waals surface area (Å²) in [4.78, 5) is 25.5. The highest BCUT2D eigenvalue weighted by Gasteiger charge is 2.21. The summed E-state index contributed by atoms with van der Waals surface area (Å²) in [5, 5.41) is 1.54. The predicted molar refractivity (Wildman–Crippen MR) is 116 cm³/mol. The summed E-state index contributed by atoms with van der Waals surface area (Å²) in [6.45, 7) is 6.11. The summed E-state index contributed by atoms with van der Waals surface area (Å²) in [6, 6.07) is 12.8. The Hall–Kier alpha value is -3.12. The molecule has 6 heteroatoms. The third-order valence-corrected chi connectivity index (χ3v) is 5.29. The van der Waals surface area contributed by atoms with Crippen molar-refractivity contribution < 1.29 is 23.8 Å². The molecule has 1 heterocycles. The van der Waals surface area contributed by atoms with E-state index in [0.29, 0.717) is 23.5 Å². The Morgan fingerprint density at radius 1 is 1.00 bits per heavy atom. The average Bonchev–Trinajstić information content (AvgIpc) is 3.05. The molecule has 6 nitrogen and oxygen atoms in total. The van der Waals surface area contributed by atoms with Gasteiger partial charge in [-0.15, -0.1) is 0 Å². The molecule has 0 bridgehead atoms. The second-order valence-corrected chi connectivity index (χ2v) is 7.32. The van der Waals surface area contributed by atoms with E-state index in [0.717, 1.165) is 22.2 Å². The predicted octanol–water partition coefficient (Wildman–Crippen LogP) is 4.51. The molecule has 0 saturated heterocycles. The van der Waals surface area contributed by atoms with Crippen LogP contribution in [0.15, 0.2) is 42.5 Å². The number of hydrogen-bond acceptors (Lipinski definition) is 5. The van der Waals surface area contributed by atoms with Crippen molar-refractivity contribution in [2.75, 3.05) is 27.4 Å². The number of carbonyl (C=O) groups excluding carboxylic acids is 2. The fraction of sp³-hybridized carbons (Fsp3) is 0.333. The quantitative estimate of drug-likeness (QED) is 0.404. The van der Waals surface area contributed by atoms with Gasteiger partial charge in [-0.2, -0.15) is 0 Å². The molecule has 0 aliphatic carbocycles. The Morgan fingerprint density at radius 3 is 2.37 bits per heavy atom. The molecule has 158 valence electrons. The van der Waals surface area contributed by atoms with E-state index in [1.165, 1.54) is 0 Å². The van der Waals surface area contributed by atoms with Gasteiger partial charge in [0.15, 0.2) is 6.61 Å². The topological polar surface area (TPSA) is 66.8 Å². The molecule has 0 amide bonds. The highest BCUT2D eigenvalue weighted by molar-refractivity contribution is 6.07. The molecule has 0 fully saturated rings. The van der Waals surface area contributed by atoms with Gasteiger partial charge in [-0.05, 0) is 44.4 Å². The molecule has 0 radical (unpaired) electrons. The first-order chi connectivity index (χ1) is 14.4. The van der Waals surface area contributed by atoms with Gasteiger partial charge >= 0.3 is 5.97 Å². The summed E-state index contributed by atoms with van der Waals surface area (Å²) in [6.07, 6.45) is 0. The number of carbonyl (C=O) groups is 2. The number of aryl methyl sites for hydroxylation is 1. The van der Waals surface area contributed by atoms with E-state index in [-0.39, 0.29) is 18.4 Å². The van der Waals surface area contributed by atoms with Crippen molar-refractivity contribution in [1.82, 2.24) is 4.57 Å². The maximum absolute atomic E-state index is 12.8. The van der Waals surface area contributed by atoms with E-state index < -0.39 is 5.97 Å². The molecule has 0 aliphatic rings. The minimum atomic E-state index is -0.538. The molecule has 1 atom stereocenters. The number of benzene rings is 2. The SMILES string of the molecule is COC[C@@H](C)n1c(C)cc(C(=O)COC(=O)c2ccc(OC)c3ccccc23)c1C. The van der Waals surface area contributed by atoms with Crippen LogP contribution in [-0.2, 0) is 9.47 Å². The van der Waals surface area contributed by atoms with Crippen LogP contribution in [0.1, 0.15) is 45.1 Å². The fourth-order valence-corrected chi connectivity index (χ4v) is 3.97. The molecule has 30 heavy (non-hydrogen) atoms. The van der Waals surface area contributed by atoms with Crippen LogP contribution in [0.2, 0.25) is 0 Å². The number of nitrogens with zero attached hydrogens (tertiary/aromatic N) is 1. The van der Waals surface area contributed by atoms with Gasteiger partial charge in [0.25, 0.3) is 0 Å². The molecule has 3 aromatic rings. The summed E-state index contributed by atoms with van der Waals surface area (Å²) in [5.74, 6) is -0.0928. The number of ether oxygens (including phenoxy) is 3. The van der Waals surface area contributed by atoms with Gasteiger partial charge in [-0.1, -0.05) is 24.3 Å². The lowest BCUT2D eigenvalue weighted by Crippen LogP contribution is -2.17. The van der Waals surface area contributed by atoms with Crippen molar-refractivity contribution in [3.05, 3.63) is 65.0 Å². The van der Waals surface area contributed by atoms with E-state index in [4.69, 9.17) is 14.2 Å². The second-order valence-electron chi connectivity index (χ2n) is 7.32. The molecule has 0 aliphatic heterocycles. The van der Waals surface area contributed by atoms with Gasteiger partial charge in [0.1, 0.15) is 5.75 Å². The van der Waals surface area contributed by atoms with Crippen molar-refractivity contribution in [2.24, 2.45) is 0 Å². The number of fused-ring (bicyclic) bond motifs is 1. The van der Waals surface area contributed by atoms with E-state index in [9.17, 15) is 9.59 Å². The molecule has 0 unspecified atom stereocenters. The van der Waals surface area contributed by atoms with Crippen molar-refractivity contribution in [1.29, 1.82) is 0 Å². The number of ketones is 1. The number of hydrogen-bond donors (Lipinski definition) is 0. The third-order valence-electron chi connectivity index (χ3n) is 5.29. The van der Waals surface area contributed by atoms with E-state index in [1.807, 2.05) is 51.1 Å². The summed E-state index contributed by atoms with van der Waals surface area (Å²) >= 11 is 0. The standard InChI is InChI=1S/C24H27NO5/c1-15-12-21(17(3)25(15)16(2)13-28-4)22(26)14-30-24(27)20-10-11-23(29-5)19-9-7-6-8-18(19)20/h6-12,16H,13-14H2,1-5H3/t16-/m1/s1. The lowest BCUT2D eigenvalue weighted by atomic mass is 10.0. The molecular weight excluding hydrogens is 382 g/mol. The normalized spacial score (nSPS) is 12.0. The van der Waals surface area contributed by atoms with E-state index in [2.05, 4.69) is 4.57 Å². The van der Waals surface area contributed by atoms with Crippen molar-refractivity contribution in [2.45, 2.75) is 26.8 Å². The monoisotopic (exact) mass is 409 g/mol. The third kappa shape index (κ3) is 4.09. The number of rotatable bonds is 8. The molecule has 0 spiro atoms. The number of esters is 1. The molecular formula is C24H27NO5. The zero-order chi connectivity index (χ0) is 21.8. The Labute approximate surface area is 176 Å². The summed E-state index contributed by atoms with van der Waals surface area (Å²) < 4.78 is 18.0. The first-order valence-electron chi connectivity index (χ1n) is 9.82. The van der Waals surface area contributed by atoms with Crippen LogP contribution in [0.3, 0.4) is 0 Å². The summed E-state index contributed by atoms with van der Waals surface area (Å²) in [7, 11) is 3.24. The molecule has 2 aromatic carbocycles. The van der Waals surface area contributed by atoms with Crippen LogP contribution < -0.4 is 4.74 Å². The Morgan fingerprint density at radius 2 is 1.70 bits per heavy atom. The number of methoxy groups -OCH3 is 2. The minimum Gasteiger partial charge on any atom is -0.496 e. The Balaban J connectivity index is 1.78. The average molecular weight is 409 g/mol. The maximum atomic E-state index is 12.8. The number of Topliss-reactive ketones (excluding diaryl/α,β-unsaturated/α-hetero) is 1. The zero-order valence-electron chi connectivity index (χ0n) is 18.0. The molecule has 0 N–H and O–H groups in total.